The van der Waals surface area contributed by atoms with Crippen LogP contribution >= 0.6 is 0 Å². The topological polar surface area (TPSA) is 125 Å². The summed E-state index contributed by atoms with van der Waals surface area (Å²) in [6.45, 7) is 0. The van der Waals surface area contributed by atoms with Crippen LogP contribution in [0.2, 0.25) is 0 Å². The van der Waals surface area contributed by atoms with E-state index in [1.165, 1.54) is 14.2 Å². The number of nitrogens with zero attached hydrogens (tertiary/aromatic N) is 3. The summed E-state index contributed by atoms with van der Waals surface area (Å²) in [5.41, 5.74) is 5.57. The highest BCUT2D eigenvalue weighted by atomic mass is 16.6. The molecule has 3 N–H and O–H groups in total. The first-order valence-corrected chi connectivity index (χ1v) is 5.80. The molecule has 0 amide bonds. The molecule has 0 unspecified atom stereocenters. The maximum absolute atomic E-state index is 11.1. The van der Waals surface area contributed by atoms with Gasteiger partial charge in [-0.1, -0.05) is 0 Å². The fraction of sp³-hybridized carbons (Fsp3) is 0.167. The Morgan fingerprint density at radius 1 is 1.29 bits per heavy atom. The van der Waals surface area contributed by atoms with E-state index in [0.29, 0.717) is 17.2 Å². The number of nitro groups is 1. The maximum atomic E-state index is 11.1. The van der Waals surface area contributed by atoms with Crippen LogP contribution in [0.4, 0.5) is 23.0 Å². The van der Waals surface area contributed by atoms with Gasteiger partial charge in [-0.3, -0.25) is 10.1 Å². The van der Waals surface area contributed by atoms with Crippen molar-refractivity contribution < 1.29 is 14.4 Å². The minimum absolute atomic E-state index is 0.0287. The highest BCUT2D eigenvalue weighted by molar-refractivity contribution is 5.75. The molecule has 1 aromatic heterocycles. The highest BCUT2D eigenvalue weighted by Gasteiger charge is 2.22. The van der Waals surface area contributed by atoms with E-state index in [4.69, 9.17) is 15.2 Å². The Morgan fingerprint density at radius 3 is 2.67 bits per heavy atom. The van der Waals surface area contributed by atoms with Crippen molar-refractivity contribution in [3.05, 3.63) is 34.6 Å². The van der Waals surface area contributed by atoms with Crippen molar-refractivity contribution in [2.24, 2.45) is 0 Å². The number of aromatic nitrogens is 2. The molecule has 9 nitrogen and oxygen atoms in total. The molecule has 0 saturated heterocycles. The Kier molecular flexibility index (Phi) is 4.02. The quantitative estimate of drug-likeness (QED) is 0.630. The fourth-order valence-electron chi connectivity index (χ4n) is 1.70. The van der Waals surface area contributed by atoms with E-state index in [0.717, 1.165) is 6.33 Å². The fourth-order valence-corrected chi connectivity index (χ4v) is 1.70. The monoisotopic (exact) mass is 291 g/mol. The Hall–Kier alpha value is -3.10. The van der Waals surface area contributed by atoms with Crippen LogP contribution in [0.15, 0.2) is 24.5 Å². The molecule has 1 heterocycles. The second kappa shape index (κ2) is 5.90. The van der Waals surface area contributed by atoms with E-state index in [1.807, 2.05) is 0 Å². The number of nitrogen functional groups attached to an aromatic ring is 1. The summed E-state index contributed by atoms with van der Waals surface area (Å²) < 4.78 is 10.3. The van der Waals surface area contributed by atoms with Gasteiger partial charge < -0.3 is 20.5 Å². The number of hydrogen-bond donors (Lipinski definition) is 2. The summed E-state index contributed by atoms with van der Waals surface area (Å²) in [6.07, 6.45) is 1.14. The maximum Gasteiger partial charge on any atom is 0.353 e. The molecule has 0 aliphatic heterocycles. The van der Waals surface area contributed by atoms with Crippen molar-refractivity contribution in [1.29, 1.82) is 0 Å². The van der Waals surface area contributed by atoms with Crippen molar-refractivity contribution in [3.8, 4) is 11.5 Å². The molecule has 0 bridgehead atoms. The van der Waals surface area contributed by atoms with Gasteiger partial charge in [0.1, 0.15) is 17.8 Å². The zero-order valence-corrected chi connectivity index (χ0v) is 11.4. The number of rotatable bonds is 5. The van der Waals surface area contributed by atoms with Crippen molar-refractivity contribution in [2.75, 3.05) is 25.3 Å². The van der Waals surface area contributed by atoms with Gasteiger partial charge in [0, 0.05) is 6.07 Å². The zero-order valence-electron chi connectivity index (χ0n) is 11.4. The second-order valence-electron chi connectivity index (χ2n) is 3.90. The third-order valence-electron chi connectivity index (χ3n) is 2.69. The number of methoxy groups -OCH3 is 2. The highest BCUT2D eigenvalue weighted by Crippen LogP contribution is 2.35. The Morgan fingerprint density at radius 2 is 2.05 bits per heavy atom. The second-order valence-corrected chi connectivity index (χ2v) is 3.90. The molecule has 2 aromatic rings. The molecular weight excluding hydrogens is 278 g/mol. The third-order valence-corrected chi connectivity index (χ3v) is 2.69. The van der Waals surface area contributed by atoms with Crippen LogP contribution in [-0.4, -0.2) is 29.1 Å². The first-order valence-electron chi connectivity index (χ1n) is 5.80. The standard InChI is InChI=1S/C12H13N5O4/c1-20-7-3-4-9(21-2)8(5-7)16-12-10(17(18)19)11(13)14-6-15-12/h3-6H,1-2H3,(H3,13,14,15,16). The zero-order chi connectivity index (χ0) is 15.4. The van der Waals surface area contributed by atoms with Crippen molar-refractivity contribution in [3.63, 3.8) is 0 Å². The lowest BCUT2D eigenvalue weighted by atomic mass is 10.2. The number of ether oxygens (including phenoxy) is 2. The first kappa shape index (κ1) is 14.3. The normalized spacial score (nSPS) is 10.0. The predicted octanol–water partition coefficient (Wildman–Crippen LogP) is 1.73. The summed E-state index contributed by atoms with van der Waals surface area (Å²) in [7, 11) is 2.99. The molecule has 0 radical (unpaired) electrons. The van der Waals surface area contributed by atoms with Gasteiger partial charge in [-0.2, -0.15) is 0 Å². The number of anilines is 3. The van der Waals surface area contributed by atoms with Crippen molar-refractivity contribution >= 4 is 23.0 Å². The van der Waals surface area contributed by atoms with Crippen molar-refractivity contribution in [1.82, 2.24) is 9.97 Å². The molecule has 110 valence electrons. The van der Waals surface area contributed by atoms with Gasteiger partial charge in [-0.05, 0) is 12.1 Å². The number of nitrogens with two attached hydrogens (primary N) is 1. The minimum Gasteiger partial charge on any atom is -0.497 e. The Balaban J connectivity index is 2.47. The lowest BCUT2D eigenvalue weighted by Crippen LogP contribution is -2.05. The smallest absolute Gasteiger partial charge is 0.353 e. The average molecular weight is 291 g/mol. The Bertz CT molecular complexity index is 677. The van der Waals surface area contributed by atoms with Crippen LogP contribution in [-0.2, 0) is 0 Å². The number of hydrogen-bond acceptors (Lipinski definition) is 8. The summed E-state index contributed by atoms with van der Waals surface area (Å²) in [5, 5.41) is 13.9. The lowest BCUT2D eigenvalue weighted by Gasteiger charge is -2.12. The van der Waals surface area contributed by atoms with E-state index in [1.54, 1.807) is 18.2 Å². The van der Waals surface area contributed by atoms with E-state index in [2.05, 4.69) is 15.3 Å². The summed E-state index contributed by atoms with van der Waals surface area (Å²) in [6, 6.07) is 4.99. The molecule has 1 aromatic carbocycles. The predicted molar refractivity (Wildman–Crippen MR) is 75.9 cm³/mol. The first-order chi connectivity index (χ1) is 10.1. The summed E-state index contributed by atoms with van der Waals surface area (Å²) >= 11 is 0. The molecule has 0 saturated carbocycles. The lowest BCUT2D eigenvalue weighted by molar-refractivity contribution is -0.383. The largest absolute Gasteiger partial charge is 0.497 e. The van der Waals surface area contributed by atoms with E-state index in [-0.39, 0.29) is 11.6 Å². The molecule has 21 heavy (non-hydrogen) atoms. The molecule has 9 heteroatoms. The Labute approximate surface area is 119 Å². The van der Waals surface area contributed by atoms with E-state index in [9.17, 15) is 10.1 Å². The van der Waals surface area contributed by atoms with E-state index < -0.39 is 10.6 Å². The molecular formula is C12H13N5O4. The van der Waals surface area contributed by atoms with Gasteiger partial charge in [-0.25, -0.2) is 9.97 Å². The van der Waals surface area contributed by atoms with Crippen LogP contribution in [0.3, 0.4) is 0 Å². The van der Waals surface area contributed by atoms with Gasteiger partial charge in [0.15, 0.2) is 0 Å². The molecule has 0 fully saturated rings. The molecule has 2 rings (SSSR count). The van der Waals surface area contributed by atoms with Crippen LogP contribution in [0.5, 0.6) is 11.5 Å². The summed E-state index contributed by atoms with van der Waals surface area (Å²) in [4.78, 5) is 17.9. The van der Waals surface area contributed by atoms with Crippen molar-refractivity contribution in [2.45, 2.75) is 0 Å². The molecule has 0 spiro atoms. The summed E-state index contributed by atoms with van der Waals surface area (Å²) in [5.74, 6) is 0.781. The van der Waals surface area contributed by atoms with Crippen LogP contribution < -0.4 is 20.5 Å². The van der Waals surface area contributed by atoms with Gasteiger partial charge in [-0.15, -0.1) is 0 Å². The average Bonchev–Trinajstić information content (AvgIpc) is 2.46. The third kappa shape index (κ3) is 2.91. The number of benzene rings is 1. The molecule has 0 aliphatic carbocycles. The molecule has 0 aliphatic rings. The van der Waals surface area contributed by atoms with E-state index >= 15 is 0 Å². The van der Waals surface area contributed by atoms with Crippen LogP contribution in [0, 0.1) is 10.1 Å². The van der Waals surface area contributed by atoms with Crippen LogP contribution in [0.1, 0.15) is 0 Å². The van der Waals surface area contributed by atoms with Gasteiger partial charge in [0.2, 0.25) is 11.6 Å². The molecule has 0 atom stereocenters. The van der Waals surface area contributed by atoms with Gasteiger partial charge in [0.05, 0.1) is 24.8 Å². The van der Waals surface area contributed by atoms with Gasteiger partial charge >= 0.3 is 5.69 Å². The SMILES string of the molecule is COc1ccc(OC)c(Nc2ncnc(N)c2[N+](=O)[O-])c1. The van der Waals surface area contributed by atoms with Gasteiger partial charge in [0.25, 0.3) is 0 Å². The van der Waals surface area contributed by atoms with Crippen LogP contribution in [0.25, 0.3) is 0 Å². The minimum atomic E-state index is -0.648. The number of nitrogens with one attached hydrogen (secondary N) is 1.